The van der Waals surface area contributed by atoms with Crippen molar-refractivity contribution in [1.82, 2.24) is 0 Å². The van der Waals surface area contributed by atoms with Gasteiger partial charge in [0.1, 0.15) is 5.75 Å². The van der Waals surface area contributed by atoms with Crippen molar-refractivity contribution >= 4 is 0 Å². The number of fused-ring (bicyclic) bond motifs is 1. The van der Waals surface area contributed by atoms with Gasteiger partial charge in [-0.25, -0.2) is 0 Å². The Morgan fingerprint density at radius 1 is 0.857 bits per heavy atom. The summed E-state index contributed by atoms with van der Waals surface area (Å²) >= 11 is 0. The molecular formula is C18H20O3. The van der Waals surface area contributed by atoms with Crippen molar-refractivity contribution in [2.24, 2.45) is 0 Å². The Labute approximate surface area is 125 Å². The van der Waals surface area contributed by atoms with E-state index in [4.69, 9.17) is 14.2 Å². The maximum Gasteiger partial charge on any atom is 0.161 e. The van der Waals surface area contributed by atoms with E-state index in [1.54, 1.807) is 21.3 Å². The molecule has 3 nitrogen and oxygen atoms in total. The van der Waals surface area contributed by atoms with Gasteiger partial charge in [-0.15, -0.1) is 0 Å². The Bertz CT molecular complexity index is 632. The highest BCUT2D eigenvalue weighted by molar-refractivity contribution is 5.53. The van der Waals surface area contributed by atoms with Crippen molar-refractivity contribution < 1.29 is 14.2 Å². The summed E-state index contributed by atoms with van der Waals surface area (Å²) in [5.41, 5.74) is 4.02. The molecule has 3 heteroatoms. The summed E-state index contributed by atoms with van der Waals surface area (Å²) in [6.45, 7) is 0. The zero-order valence-corrected chi connectivity index (χ0v) is 12.7. The summed E-state index contributed by atoms with van der Waals surface area (Å²) in [5.74, 6) is 2.93. The average Bonchev–Trinajstić information content (AvgIpc) is 2.96. The lowest BCUT2D eigenvalue weighted by molar-refractivity contribution is 0.354. The number of aryl methyl sites for hydroxylation is 1. The third kappa shape index (κ3) is 2.44. The second-order valence-corrected chi connectivity index (χ2v) is 5.27. The molecule has 1 unspecified atom stereocenters. The molecule has 0 saturated heterocycles. The first-order chi connectivity index (χ1) is 10.3. The Balaban J connectivity index is 1.98. The first kappa shape index (κ1) is 13.8. The molecular weight excluding hydrogens is 264 g/mol. The van der Waals surface area contributed by atoms with Crippen molar-refractivity contribution in [2.45, 2.75) is 18.8 Å². The van der Waals surface area contributed by atoms with Crippen molar-refractivity contribution in [3.63, 3.8) is 0 Å². The maximum atomic E-state index is 5.44. The third-order valence-corrected chi connectivity index (χ3v) is 4.24. The Morgan fingerprint density at radius 3 is 2.14 bits per heavy atom. The van der Waals surface area contributed by atoms with Gasteiger partial charge in [0.25, 0.3) is 0 Å². The molecule has 0 saturated carbocycles. The van der Waals surface area contributed by atoms with Crippen molar-refractivity contribution in [1.29, 1.82) is 0 Å². The summed E-state index contributed by atoms with van der Waals surface area (Å²) in [7, 11) is 5.05. The van der Waals surface area contributed by atoms with Crippen LogP contribution < -0.4 is 14.2 Å². The van der Waals surface area contributed by atoms with E-state index in [-0.39, 0.29) is 0 Å². The molecule has 21 heavy (non-hydrogen) atoms. The van der Waals surface area contributed by atoms with Crippen LogP contribution in [0.1, 0.15) is 29.0 Å². The minimum Gasteiger partial charge on any atom is -0.497 e. The van der Waals surface area contributed by atoms with Crippen LogP contribution in [0.15, 0.2) is 36.4 Å². The van der Waals surface area contributed by atoms with E-state index in [1.165, 1.54) is 16.7 Å². The van der Waals surface area contributed by atoms with Crippen LogP contribution in [0.3, 0.4) is 0 Å². The lowest BCUT2D eigenvalue weighted by atomic mass is 9.93. The van der Waals surface area contributed by atoms with Crippen LogP contribution in [0.2, 0.25) is 0 Å². The molecule has 0 aliphatic heterocycles. The van der Waals surface area contributed by atoms with E-state index in [1.807, 2.05) is 12.1 Å². The molecule has 1 atom stereocenters. The van der Waals surface area contributed by atoms with Gasteiger partial charge in [-0.2, -0.15) is 0 Å². The molecule has 1 aliphatic rings. The van der Waals surface area contributed by atoms with Crippen molar-refractivity contribution in [3.8, 4) is 17.2 Å². The van der Waals surface area contributed by atoms with Crippen molar-refractivity contribution in [3.05, 3.63) is 53.1 Å². The third-order valence-electron chi connectivity index (χ3n) is 4.24. The van der Waals surface area contributed by atoms with Gasteiger partial charge in [0, 0.05) is 5.92 Å². The van der Waals surface area contributed by atoms with Gasteiger partial charge >= 0.3 is 0 Å². The van der Waals surface area contributed by atoms with Gasteiger partial charge in [0.05, 0.1) is 21.3 Å². The van der Waals surface area contributed by atoms with Crippen LogP contribution in [0.5, 0.6) is 17.2 Å². The molecule has 1 aliphatic carbocycles. The van der Waals surface area contributed by atoms with Crippen LogP contribution >= 0.6 is 0 Å². The van der Waals surface area contributed by atoms with Gasteiger partial charge in [-0.1, -0.05) is 12.1 Å². The topological polar surface area (TPSA) is 27.7 Å². The SMILES string of the molecule is COc1ccc(C2CCc3cc(OC)c(OC)cc32)cc1. The first-order valence-electron chi connectivity index (χ1n) is 7.15. The number of ether oxygens (including phenoxy) is 3. The molecule has 3 rings (SSSR count). The van der Waals surface area contributed by atoms with Gasteiger partial charge < -0.3 is 14.2 Å². The second-order valence-electron chi connectivity index (χ2n) is 5.27. The van der Waals surface area contributed by atoms with E-state index in [9.17, 15) is 0 Å². The molecule has 0 N–H and O–H groups in total. The molecule has 110 valence electrons. The van der Waals surface area contributed by atoms with Gasteiger partial charge in [0.15, 0.2) is 11.5 Å². The fourth-order valence-electron chi connectivity index (χ4n) is 3.12. The molecule has 0 heterocycles. The van der Waals surface area contributed by atoms with Crippen LogP contribution in [0.4, 0.5) is 0 Å². The highest BCUT2D eigenvalue weighted by Gasteiger charge is 2.26. The number of benzene rings is 2. The maximum absolute atomic E-state index is 5.44. The van der Waals surface area contributed by atoms with E-state index in [2.05, 4.69) is 24.3 Å². The highest BCUT2D eigenvalue weighted by Crippen LogP contribution is 2.43. The lowest BCUT2D eigenvalue weighted by Gasteiger charge is -2.15. The molecule has 2 aromatic rings. The minimum atomic E-state index is 0.422. The average molecular weight is 284 g/mol. The van der Waals surface area contributed by atoms with Gasteiger partial charge in [0.2, 0.25) is 0 Å². The normalized spacial score (nSPS) is 16.4. The highest BCUT2D eigenvalue weighted by atomic mass is 16.5. The van der Waals surface area contributed by atoms with E-state index < -0.39 is 0 Å². The van der Waals surface area contributed by atoms with Crippen LogP contribution in [-0.2, 0) is 6.42 Å². The van der Waals surface area contributed by atoms with E-state index in [0.29, 0.717) is 5.92 Å². The van der Waals surface area contributed by atoms with E-state index in [0.717, 1.165) is 30.1 Å². The van der Waals surface area contributed by atoms with Gasteiger partial charge in [-0.3, -0.25) is 0 Å². The molecule has 2 aromatic carbocycles. The van der Waals surface area contributed by atoms with Crippen LogP contribution in [-0.4, -0.2) is 21.3 Å². The van der Waals surface area contributed by atoms with Crippen LogP contribution in [0, 0.1) is 0 Å². The second kappa shape index (κ2) is 5.68. The number of methoxy groups -OCH3 is 3. The quantitative estimate of drug-likeness (QED) is 0.855. The smallest absolute Gasteiger partial charge is 0.161 e. The minimum absolute atomic E-state index is 0.422. The summed E-state index contributed by atoms with van der Waals surface area (Å²) in [6, 6.07) is 12.6. The molecule has 0 fully saturated rings. The molecule has 0 spiro atoms. The van der Waals surface area contributed by atoms with Crippen molar-refractivity contribution in [2.75, 3.05) is 21.3 Å². The predicted octanol–water partition coefficient (Wildman–Crippen LogP) is 3.79. The Hall–Kier alpha value is -2.16. The predicted molar refractivity (Wildman–Crippen MR) is 82.7 cm³/mol. The molecule has 0 bridgehead atoms. The zero-order valence-electron chi connectivity index (χ0n) is 12.7. The zero-order chi connectivity index (χ0) is 14.8. The lowest BCUT2D eigenvalue weighted by Crippen LogP contribution is -1.98. The first-order valence-corrected chi connectivity index (χ1v) is 7.15. The number of rotatable bonds is 4. The summed E-state index contributed by atoms with van der Waals surface area (Å²) in [4.78, 5) is 0. The summed E-state index contributed by atoms with van der Waals surface area (Å²) < 4.78 is 16.1. The Morgan fingerprint density at radius 2 is 1.52 bits per heavy atom. The Kier molecular flexibility index (Phi) is 3.74. The summed E-state index contributed by atoms with van der Waals surface area (Å²) in [5, 5.41) is 0. The molecule has 0 radical (unpaired) electrons. The fourth-order valence-corrected chi connectivity index (χ4v) is 3.12. The van der Waals surface area contributed by atoms with E-state index >= 15 is 0 Å². The monoisotopic (exact) mass is 284 g/mol. The molecule has 0 aromatic heterocycles. The number of hydrogen-bond acceptors (Lipinski definition) is 3. The molecule has 0 amide bonds. The fraction of sp³-hybridized carbons (Fsp3) is 0.333. The summed E-state index contributed by atoms with van der Waals surface area (Å²) in [6.07, 6.45) is 2.20. The standard InChI is InChI=1S/C18H20O3/c1-19-14-7-4-12(5-8-14)15-9-6-13-10-17(20-2)18(21-3)11-16(13)15/h4-5,7-8,10-11,15H,6,9H2,1-3H3. The number of hydrogen-bond donors (Lipinski definition) is 0. The van der Waals surface area contributed by atoms with Gasteiger partial charge in [-0.05, 0) is 53.8 Å². The van der Waals surface area contributed by atoms with Crippen LogP contribution in [0.25, 0.3) is 0 Å². The largest absolute Gasteiger partial charge is 0.497 e.